The number of rotatable bonds is 11. The highest BCUT2D eigenvalue weighted by Gasteiger charge is 2.37. The summed E-state index contributed by atoms with van der Waals surface area (Å²) in [6.07, 6.45) is 2.41. The number of hydrogen-bond donors (Lipinski definition) is 1. The van der Waals surface area contributed by atoms with Crippen molar-refractivity contribution in [1.29, 1.82) is 0 Å². The highest BCUT2D eigenvalue weighted by Crippen LogP contribution is 2.39. The lowest BCUT2D eigenvalue weighted by Crippen LogP contribution is -2.49. The number of ether oxygens (including phenoxy) is 4. The van der Waals surface area contributed by atoms with Crippen LogP contribution in [0.1, 0.15) is 30.4 Å². The van der Waals surface area contributed by atoms with Gasteiger partial charge in [-0.1, -0.05) is 24.3 Å². The first kappa shape index (κ1) is 24.5. The van der Waals surface area contributed by atoms with Crippen LogP contribution in [0, 0.1) is 6.92 Å². The van der Waals surface area contributed by atoms with E-state index in [0.717, 1.165) is 42.5 Å². The average molecular weight is 469 g/mol. The molecule has 0 radical (unpaired) electrons. The molecule has 1 amide bonds. The van der Waals surface area contributed by atoms with E-state index in [2.05, 4.69) is 24.4 Å². The predicted octanol–water partition coefficient (Wildman–Crippen LogP) is 3.57. The Hall–Kier alpha value is -2.61. The molecule has 34 heavy (non-hydrogen) atoms. The second kappa shape index (κ2) is 11.7. The summed E-state index contributed by atoms with van der Waals surface area (Å²) >= 11 is 0. The number of hydrogen-bond acceptors (Lipinski definition) is 6. The molecule has 2 fully saturated rings. The van der Waals surface area contributed by atoms with Crippen LogP contribution in [0.15, 0.2) is 36.4 Å². The zero-order valence-electron chi connectivity index (χ0n) is 20.5. The van der Waals surface area contributed by atoms with Gasteiger partial charge in [0.1, 0.15) is 6.10 Å². The molecule has 4 rings (SSSR count). The van der Waals surface area contributed by atoms with E-state index in [9.17, 15) is 4.79 Å². The molecule has 184 valence electrons. The SMILES string of the molecule is COCCCOc1cc(CN(C(=O)[C@H]2CNCCO2)C2CC2)c(-c2ccccc2C)cc1OC. The van der Waals surface area contributed by atoms with Crippen molar-refractivity contribution >= 4 is 5.91 Å². The summed E-state index contributed by atoms with van der Waals surface area (Å²) in [5, 5.41) is 3.28. The Morgan fingerprint density at radius 3 is 2.62 bits per heavy atom. The normalized spacial score (nSPS) is 17.9. The third-order valence-corrected chi connectivity index (χ3v) is 6.39. The first-order valence-electron chi connectivity index (χ1n) is 12.1. The molecule has 0 unspecified atom stereocenters. The number of aryl methyl sites for hydroxylation is 1. The average Bonchev–Trinajstić information content (AvgIpc) is 3.71. The van der Waals surface area contributed by atoms with E-state index in [4.69, 9.17) is 18.9 Å². The van der Waals surface area contributed by atoms with Crippen LogP contribution in [0.4, 0.5) is 0 Å². The number of morpholine rings is 1. The lowest BCUT2D eigenvalue weighted by molar-refractivity contribution is -0.146. The molecule has 1 saturated carbocycles. The zero-order valence-corrected chi connectivity index (χ0v) is 20.5. The fourth-order valence-corrected chi connectivity index (χ4v) is 4.38. The molecule has 1 atom stereocenters. The van der Waals surface area contributed by atoms with E-state index < -0.39 is 6.10 Å². The van der Waals surface area contributed by atoms with Crippen LogP contribution in [0.25, 0.3) is 11.1 Å². The van der Waals surface area contributed by atoms with Gasteiger partial charge in [-0.25, -0.2) is 0 Å². The fourth-order valence-electron chi connectivity index (χ4n) is 4.38. The van der Waals surface area contributed by atoms with Crippen LogP contribution in [0.2, 0.25) is 0 Å². The smallest absolute Gasteiger partial charge is 0.253 e. The van der Waals surface area contributed by atoms with Gasteiger partial charge in [-0.2, -0.15) is 0 Å². The highest BCUT2D eigenvalue weighted by molar-refractivity contribution is 5.82. The van der Waals surface area contributed by atoms with Crippen LogP contribution < -0.4 is 14.8 Å². The van der Waals surface area contributed by atoms with E-state index in [0.29, 0.717) is 44.4 Å². The third kappa shape index (κ3) is 5.90. The Kier molecular flexibility index (Phi) is 8.43. The number of amides is 1. The van der Waals surface area contributed by atoms with Gasteiger partial charge in [0.25, 0.3) is 5.91 Å². The third-order valence-electron chi connectivity index (χ3n) is 6.39. The van der Waals surface area contributed by atoms with Crippen LogP contribution in [0.5, 0.6) is 11.5 Å². The highest BCUT2D eigenvalue weighted by atomic mass is 16.5. The molecule has 1 aliphatic carbocycles. The monoisotopic (exact) mass is 468 g/mol. The summed E-state index contributed by atoms with van der Waals surface area (Å²) in [6.45, 7) is 5.68. The number of methoxy groups -OCH3 is 2. The van der Waals surface area contributed by atoms with Gasteiger partial charge < -0.3 is 29.2 Å². The molecule has 7 heteroatoms. The van der Waals surface area contributed by atoms with Crippen LogP contribution in [-0.4, -0.2) is 70.1 Å². The largest absolute Gasteiger partial charge is 0.493 e. The van der Waals surface area contributed by atoms with Crippen molar-refractivity contribution in [2.75, 3.05) is 47.1 Å². The molecule has 1 heterocycles. The van der Waals surface area contributed by atoms with Crippen molar-refractivity contribution in [3.63, 3.8) is 0 Å². The molecule has 2 aromatic rings. The summed E-state index contributed by atoms with van der Waals surface area (Å²) in [7, 11) is 3.34. The molecule has 7 nitrogen and oxygen atoms in total. The van der Waals surface area contributed by atoms with Gasteiger partial charge in [-0.3, -0.25) is 4.79 Å². The lowest BCUT2D eigenvalue weighted by atomic mass is 9.94. The number of benzene rings is 2. The Morgan fingerprint density at radius 2 is 1.94 bits per heavy atom. The molecule has 2 aromatic carbocycles. The minimum absolute atomic E-state index is 0.0591. The van der Waals surface area contributed by atoms with E-state index >= 15 is 0 Å². The summed E-state index contributed by atoms with van der Waals surface area (Å²) in [5.41, 5.74) is 4.39. The number of nitrogens with one attached hydrogen (secondary N) is 1. The van der Waals surface area contributed by atoms with E-state index in [1.807, 2.05) is 29.2 Å². The van der Waals surface area contributed by atoms with Crippen molar-refractivity contribution in [1.82, 2.24) is 10.2 Å². The molecule has 0 bridgehead atoms. The molecular formula is C27H36N2O5. The summed E-state index contributed by atoms with van der Waals surface area (Å²) in [4.78, 5) is 15.4. The van der Waals surface area contributed by atoms with E-state index in [1.54, 1.807) is 14.2 Å². The Bertz CT molecular complexity index is 969. The van der Waals surface area contributed by atoms with Crippen molar-refractivity contribution in [3.8, 4) is 22.6 Å². The van der Waals surface area contributed by atoms with Crippen molar-refractivity contribution in [3.05, 3.63) is 47.5 Å². The van der Waals surface area contributed by atoms with Crippen molar-refractivity contribution in [2.45, 2.75) is 44.9 Å². The van der Waals surface area contributed by atoms with Crippen LogP contribution in [0.3, 0.4) is 0 Å². The minimum atomic E-state index is -0.431. The van der Waals surface area contributed by atoms with Crippen LogP contribution in [-0.2, 0) is 20.8 Å². The maximum atomic E-state index is 13.4. The number of carbonyl (C=O) groups is 1. The molecular weight excluding hydrogens is 432 g/mol. The van der Waals surface area contributed by atoms with Gasteiger partial charge in [0.15, 0.2) is 11.5 Å². The van der Waals surface area contributed by atoms with Gasteiger partial charge in [0.05, 0.1) is 20.3 Å². The lowest BCUT2D eigenvalue weighted by Gasteiger charge is -2.31. The molecule has 1 N–H and O–H groups in total. The fraction of sp³-hybridized carbons (Fsp3) is 0.519. The topological polar surface area (TPSA) is 69.3 Å². The van der Waals surface area contributed by atoms with Gasteiger partial charge in [0, 0.05) is 45.8 Å². The Balaban J connectivity index is 1.68. The first-order chi connectivity index (χ1) is 16.6. The molecule has 1 saturated heterocycles. The number of nitrogens with zero attached hydrogens (tertiary/aromatic N) is 1. The zero-order chi connectivity index (χ0) is 23.9. The quantitative estimate of drug-likeness (QED) is 0.509. The first-order valence-corrected chi connectivity index (χ1v) is 12.1. The molecule has 1 aliphatic heterocycles. The van der Waals surface area contributed by atoms with Gasteiger partial charge in [0.2, 0.25) is 0 Å². The van der Waals surface area contributed by atoms with Gasteiger partial charge in [-0.15, -0.1) is 0 Å². The predicted molar refractivity (Wildman–Crippen MR) is 131 cm³/mol. The molecule has 0 aromatic heterocycles. The minimum Gasteiger partial charge on any atom is -0.493 e. The Labute approximate surface area is 202 Å². The molecule has 2 aliphatic rings. The van der Waals surface area contributed by atoms with Gasteiger partial charge in [-0.05, 0) is 54.2 Å². The second-order valence-electron chi connectivity index (χ2n) is 8.93. The van der Waals surface area contributed by atoms with E-state index in [1.165, 1.54) is 5.56 Å². The van der Waals surface area contributed by atoms with Gasteiger partial charge >= 0.3 is 0 Å². The maximum absolute atomic E-state index is 13.4. The van der Waals surface area contributed by atoms with E-state index in [-0.39, 0.29) is 11.9 Å². The number of carbonyl (C=O) groups excluding carboxylic acids is 1. The molecule has 0 spiro atoms. The summed E-state index contributed by atoms with van der Waals surface area (Å²) < 4.78 is 22.7. The standard InChI is InChI=1S/C27H36N2O5/c1-19-7-4-5-8-22(19)23-16-24(32-3)25(33-13-6-12-31-2)15-20(23)18-29(21-9-10-21)27(30)26-17-28-11-14-34-26/h4-5,7-8,15-16,21,26,28H,6,9-14,17-18H2,1-3H3/t26-/m1/s1. The summed E-state index contributed by atoms with van der Waals surface area (Å²) in [5.74, 6) is 1.43. The Morgan fingerprint density at radius 1 is 1.12 bits per heavy atom. The maximum Gasteiger partial charge on any atom is 0.253 e. The van der Waals surface area contributed by atoms with Crippen LogP contribution >= 0.6 is 0 Å². The second-order valence-corrected chi connectivity index (χ2v) is 8.93. The summed E-state index contributed by atoms with van der Waals surface area (Å²) in [6, 6.07) is 12.6. The van der Waals surface area contributed by atoms with Crippen molar-refractivity contribution in [2.24, 2.45) is 0 Å². The van der Waals surface area contributed by atoms with Crippen molar-refractivity contribution < 1.29 is 23.7 Å².